The number of amides is 1. The number of carbonyl (C=O) groups is 1. The van der Waals surface area contributed by atoms with E-state index >= 15 is 0 Å². The molecule has 30 heavy (non-hydrogen) atoms. The molecule has 0 saturated carbocycles. The fourth-order valence-corrected chi connectivity index (χ4v) is 4.00. The van der Waals surface area contributed by atoms with Crippen molar-refractivity contribution in [2.75, 3.05) is 53.0 Å². The van der Waals surface area contributed by atoms with Gasteiger partial charge in [-0.2, -0.15) is 0 Å². The van der Waals surface area contributed by atoms with E-state index in [1.807, 2.05) is 4.90 Å². The number of guanidine groups is 1. The van der Waals surface area contributed by atoms with E-state index in [0.29, 0.717) is 25.1 Å². The Morgan fingerprint density at radius 3 is 2.70 bits per heavy atom. The Hall–Kier alpha value is -2.12. The zero-order valence-electron chi connectivity index (χ0n) is 18.1. The average Bonchev–Trinajstić information content (AvgIpc) is 3.30. The molecule has 2 N–H and O–H groups in total. The van der Waals surface area contributed by atoms with Crippen LogP contribution in [0.3, 0.4) is 0 Å². The second-order valence-electron chi connectivity index (χ2n) is 8.08. The van der Waals surface area contributed by atoms with Crippen molar-refractivity contribution in [3.05, 3.63) is 35.9 Å². The van der Waals surface area contributed by atoms with Crippen LogP contribution < -0.4 is 10.6 Å². The van der Waals surface area contributed by atoms with E-state index in [2.05, 4.69) is 46.0 Å². The average molecular weight is 417 g/mol. The molecule has 0 radical (unpaired) electrons. The van der Waals surface area contributed by atoms with Gasteiger partial charge in [0.05, 0.1) is 19.3 Å². The largest absolute Gasteiger partial charge is 0.379 e. The van der Waals surface area contributed by atoms with Gasteiger partial charge in [-0.15, -0.1) is 0 Å². The molecular formula is C23H36N4O3. The first-order valence-electron chi connectivity index (χ1n) is 11.2. The molecule has 0 bridgehead atoms. The summed E-state index contributed by atoms with van der Waals surface area (Å²) in [6.07, 6.45) is 5.37. The topological polar surface area (TPSA) is 75.2 Å². The SMILES string of the molecule is CN=C(NCCCOC1CCOC1)NCC(=O)N1CCC(Cc2ccccc2)CC1. The van der Waals surface area contributed by atoms with Crippen LogP contribution in [0.5, 0.6) is 0 Å². The summed E-state index contributed by atoms with van der Waals surface area (Å²) < 4.78 is 11.1. The summed E-state index contributed by atoms with van der Waals surface area (Å²) in [5, 5.41) is 6.38. The van der Waals surface area contributed by atoms with Gasteiger partial charge >= 0.3 is 0 Å². The second-order valence-corrected chi connectivity index (χ2v) is 8.08. The van der Waals surface area contributed by atoms with Crippen molar-refractivity contribution in [3.8, 4) is 0 Å². The highest BCUT2D eigenvalue weighted by Crippen LogP contribution is 2.21. The van der Waals surface area contributed by atoms with E-state index in [-0.39, 0.29) is 18.6 Å². The molecule has 7 nitrogen and oxygen atoms in total. The van der Waals surface area contributed by atoms with Gasteiger partial charge in [-0.05, 0) is 43.6 Å². The molecule has 2 aliphatic rings. The minimum Gasteiger partial charge on any atom is -0.379 e. The molecule has 0 aliphatic carbocycles. The Bertz CT molecular complexity index is 654. The van der Waals surface area contributed by atoms with Crippen LogP contribution in [0.15, 0.2) is 35.3 Å². The number of rotatable bonds is 9. The van der Waals surface area contributed by atoms with Crippen LogP contribution in [-0.2, 0) is 20.7 Å². The highest BCUT2D eigenvalue weighted by Gasteiger charge is 2.23. The van der Waals surface area contributed by atoms with Crippen molar-refractivity contribution >= 4 is 11.9 Å². The van der Waals surface area contributed by atoms with Gasteiger partial charge < -0.3 is 25.0 Å². The predicted molar refractivity (Wildman–Crippen MR) is 119 cm³/mol. The smallest absolute Gasteiger partial charge is 0.241 e. The summed E-state index contributed by atoms with van der Waals surface area (Å²) in [6.45, 7) is 4.93. The first-order chi connectivity index (χ1) is 14.7. The van der Waals surface area contributed by atoms with Crippen LogP contribution in [0.2, 0.25) is 0 Å². The minimum absolute atomic E-state index is 0.140. The van der Waals surface area contributed by atoms with Gasteiger partial charge in [-0.1, -0.05) is 30.3 Å². The summed E-state index contributed by atoms with van der Waals surface area (Å²) in [7, 11) is 1.72. The van der Waals surface area contributed by atoms with Gasteiger partial charge in [0.1, 0.15) is 0 Å². The zero-order chi connectivity index (χ0) is 21.0. The van der Waals surface area contributed by atoms with Gasteiger partial charge in [0.15, 0.2) is 5.96 Å². The maximum Gasteiger partial charge on any atom is 0.241 e. The summed E-state index contributed by atoms with van der Waals surface area (Å²) in [6, 6.07) is 10.6. The van der Waals surface area contributed by atoms with Gasteiger partial charge in [0.2, 0.25) is 5.91 Å². The van der Waals surface area contributed by atoms with Crippen LogP contribution in [-0.4, -0.2) is 75.9 Å². The van der Waals surface area contributed by atoms with Crippen LogP contribution in [0, 0.1) is 5.92 Å². The number of piperidine rings is 1. The van der Waals surface area contributed by atoms with E-state index in [9.17, 15) is 4.79 Å². The van der Waals surface area contributed by atoms with Crippen LogP contribution in [0.4, 0.5) is 0 Å². The molecule has 166 valence electrons. The lowest BCUT2D eigenvalue weighted by Gasteiger charge is -2.32. The van der Waals surface area contributed by atoms with Crippen molar-refractivity contribution in [3.63, 3.8) is 0 Å². The third-order valence-electron chi connectivity index (χ3n) is 5.82. The molecular weight excluding hydrogens is 380 g/mol. The number of nitrogens with one attached hydrogen (secondary N) is 2. The predicted octanol–water partition coefficient (Wildman–Crippen LogP) is 1.83. The Labute approximate surface area is 180 Å². The summed E-state index contributed by atoms with van der Waals surface area (Å²) in [5.74, 6) is 1.46. The lowest BCUT2D eigenvalue weighted by molar-refractivity contribution is -0.131. The van der Waals surface area contributed by atoms with Crippen LogP contribution >= 0.6 is 0 Å². The van der Waals surface area contributed by atoms with E-state index < -0.39 is 0 Å². The highest BCUT2D eigenvalue weighted by atomic mass is 16.5. The maximum atomic E-state index is 12.6. The Balaban J connectivity index is 1.26. The lowest BCUT2D eigenvalue weighted by atomic mass is 9.90. The standard InChI is InChI=1S/C23H36N4O3/c1-24-23(25-11-5-14-30-21-10-15-29-18-21)26-17-22(28)27-12-8-20(9-13-27)16-19-6-3-2-4-7-19/h2-4,6-7,20-21H,5,8-18H2,1H3,(H2,24,25,26). The van der Waals surface area contributed by atoms with E-state index in [0.717, 1.165) is 58.3 Å². The fourth-order valence-electron chi connectivity index (χ4n) is 4.00. The number of benzene rings is 1. The molecule has 1 aromatic rings. The third kappa shape index (κ3) is 7.61. The molecule has 0 spiro atoms. The molecule has 7 heteroatoms. The molecule has 1 atom stereocenters. The number of aliphatic imine (C=N–C) groups is 1. The quantitative estimate of drug-likeness (QED) is 0.365. The first kappa shape index (κ1) is 22.6. The zero-order valence-corrected chi connectivity index (χ0v) is 18.1. The number of hydrogen-bond acceptors (Lipinski definition) is 4. The van der Waals surface area contributed by atoms with Gasteiger partial charge in [0, 0.05) is 39.9 Å². The van der Waals surface area contributed by atoms with Crippen LogP contribution in [0.25, 0.3) is 0 Å². The molecule has 3 rings (SSSR count). The van der Waals surface area contributed by atoms with Gasteiger partial charge in [0.25, 0.3) is 0 Å². The number of ether oxygens (including phenoxy) is 2. The first-order valence-corrected chi connectivity index (χ1v) is 11.2. The molecule has 2 aliphatic heterocycles. The molecule has 1 amide bonds. The van der Waals surface area contributed by atoms with E-state index in [1.54, 1.807) is 7.05 Å². The summed E-state index contributed by atoms with van der Waals surface area (Å²) in [4.78, 5) is 18.7. The Kier molecular flexibility index (Phi) is 9.44. The molecule has 2 fully saturated rings. The molecule has 0 aromatic heterocycles. The van der Waals surface area contributed by atoms with Crippen molar-refractivity contribution in [1.29, 1.82) is 0 Å². The molecule has 2 heterocycles. The Morgan fingerprint density at radius 1 is 1.20 bits per heavy atom. The van der Waals surface area contributed by atoms with Gasteiger partial charge in [-0.3, -0.25) is 9.79 Å². The third-order valence-corrected chi connectivity index (χ3v) is 5.82. The van der Waals surface area contributed by atoms with Crippen LogP contribution in [0.1, 0.15) is 31.2 Å². The molecule has 1 aromatic carbocycles. The van der Waals surface area contributed by atoms with Crippen molar-refractivity contribution in [2.45, 2.75) is 38.2 Å². The monoisotopic (exact) mass is 416 g/mol. The molecule has 2 saturated heterocycles. The van der Waals surface area contributed by atoms with Gasteiger partial charge in [-0.25, -0.2) is 0 Å². The molecule has 1 unspecified atom stereocenters. The maximum absolute atomic E-state index is 12.6. The van der Waals surface area contributed by atoms with E-state index in [4.69, 9.17) is 9.47 Å². The number of hydrogen-bond donors (Lipinski definition) is 2. The summed E-state index contributed by atoms with van der Waals surface area (Å²) >= 11 is 0. The lowest BCUT2D eigenvalue weighted by Crippen LogP contribution is -2.47. The number of nitrogens with zero attached hydrogens (tertiary/aromatic N) is 2. The summed E-state index contributed by atoms with van der Waals surface area (Å²) in [5.41, 5.74) is 1.39. The fraction of sp³-hybridized carbons (Fsp3) is 0.652. The van der Waals surface area contributed by atoms with Crippen molar-refractivity contribution in [1.82, 2.24) is 15.5 Å². The van der Waals surface area contributed by atoms with Crippen molar-refractivity contribution in [2.24, 2.45) is 10.9 Å². The van der Waals surface area contributed by atoms with Crippen molar-refractivity contribution < 1.29 is 14.3 Å². The minimum atomic E-state index is 0.140. The Morgan fingerprint density at radius 2 is 2.00 bits per heavy atom. The second kappa shape index (κ2) is 12.5. The normalized spacial score (nSPS) is 20.4. The highest BCUT2D eigenvalue weighted by molar-refractivity contribution is 5.86. The van der Waals surface area contributed by atoms with E-state index in [1.165, 1.54) is 5.56 Å². The number of likely N-dealkylation sites (tertiary alicyclic amines) is 1. The number of carbonyl (C=O) groups excluding carboxylic acids is 1.